The SMILES string of the molecule is CN1CCC[C@@]2(CN=C(C3CCc4ccccc4[C@@H]3c3cccc(F)c3)O2)C1. The molecular formula is C24H27FN2O. The lowest BCUT2D eigenvalue weighted by molar-refractivity contribution is 0.00832. The first-order valence-electron chi connectivity index (χ1n) is 10.4. The van der Waals surface area contributed by atoms with Crippen molar-refractivity contribution in [1.82, 2.24) is 4.90 Å². The van der Waals surface area contributed by atoms with Gasteiger partial charge in [0.1, 0.15) is 11.4 Å². The fourth-order valence-corrected chi connectivity index (χ4v) is 5.37. The molecule has 3 nitrogen and oxygen atoms in total. The summed E-state index contributed by atoms with van der Waals surface area (Å²) in [6.07, 6.45) is 4.23. The Hall–Kier alpha value is -2.20. The van der Waals surface area contributed by atoms with E-state index in [2.05, 4.69) is 36.2 Å². The smallest absolute Gasteiger partial charge is 0.188 e. The summed E-state index contributed by atoms with van der Waals surface area (Å²) in [4.78, 5) is 7.27. The van der Waals surface area contributed by atoms with Crippen molar-refractivity contribution in [3.05, 3.63) is 71.0 Å². The number of likely N-dealkylation sites (tertiary alicyclic amines) is 1. The normalized spacial score (nSPS) is 30.0. The van der Waals surface area contributed by atoms with Crippen LogP contribution in [-0.4, -0.2) is 43.1 Å². The molecule has 3 atom stereocenters. The molecule has 2 heterocycles. The Bertz CT molecular complexity index is 911. The van der Waals surface area contributed by atoms with E-state index in [0.29, 0.717) is 0 Å². The maximum absolute atomic E-state index is 14.1. The minimum absolute atomic E-state index is 0.0934. The van der Waals surface area contributed by atoms with Crippen molar-refractivity contribution in [3.8, 4) is 0 Å². The van der Waals surface area contributed by atoms with Crippen molar-refractivity contribution in [2.75, 3.05) is 26.7 Å². The molecular weight excluding hydrogens is 351 g/mol. The largest absolute Gasteiger partial charge is 0.471 e. The number of benzene rings is 2. The summed E-state index contributed by atoms with van der Waals surface area (Å²) in [5, 5.41) is 0. The first-order valence-corrected chi connectivity index (χ1v) is 10.4. The molecule has 1 fully saturated rings. The van der Waals surface area contributed by atoms with Gasteiger partial charge < -0.3 is 9.64 Å². The van der Waals surface area contributed by atoms with E-state index in [1.807, 2.05) is 12.1 Å². The van der Waals surface area contributed by atoms with Gasteiger partial charge in [-0.3, -0.25) is 4.99 Å². The molecule has 0 bridgehead atoms. The summed E-state index contributed by atoms with van der Waals surface area (Å²) >= 11 is 0. The van der Waals surface area contributed by atoms with Crippen LogP contribution in [-0.2, 0) is 11.2 Å². The minimum Gasteiger partial charge on any atom is -0.471 e. The number of halogens is 1. The van der Waals surface area contributed by atoms with E-state index in [-0.39, 0.29) is 23.3 Å². The molecule has 2 aliphatic heterocycles. The van der Waals surface area contributed by atoms with Gasteiger partial charge >= 0.3 is 0 Å². The van der Waals surface area contributed by atoms with E-state index in [1.165, 1.54) is 17.2 Å². The Morgan fingerprint density at radius 3 is 2.93 bits per heavy atom. The van der Waals surface area contributed by atoms with Crippen LogP contribution >= 0.6 is 0 Å². The zero-order chi connectivity index (χ0) is 19.1. The highest BCUT2D eigenvalue weighted by Crippen LogP contribution is 2.44. The van der Waals surface area contributed by atoms with Gasteiger partial charge in [-0.15, -0.1) is 0 Å². The van der Waals surface area contributed by atoms with Gasteiger partial charge in [0.25, 0.3) is 0 Å². The molecule has 146 valence electrons. The van der Waals surface area contributed by atoms with Gasteiger partial charge in [-0.05, 0) is 68.1 Å². The van der Waals surface area contributed by atoms with E-state index in [1.54, 1.807) is 6.07 Å². The quantitative estimate of drug-likeness (QED) is 0.773. The maximum Gasteiger partial charge on any atom is 0.188 e. The third kappa shape index (κ3) is 3.14. The fourth-order valence-electron chi connectivity index (χ4n) is 5.37. The highest BCUT2D eigenvalue weighted by Gasteiger charge is 2.45. The molecule has 0 radical (unpaired) electrons. The molecule has 1 saturated heterocycles. The van der Waals surface area contributed by atoms with Crippen molar-refractivity contribution in [1.29, 1.82) is 0 Å². The third-order valence-corrected chi connectivity index (χ3v) is 6.62. The topological polar surface area (TPSA) is 24.8 Å². The van der Waals surface area contributed by atoms with Gasteiger partial charge in [0, 0.05) is 18.4 Å². The summed E-state index contributed by atoms with van der Waals surface area (Å²) in [7, 11) is 2.16. The van der Waals surface area contributed by atoms with E-state index < -0.39 is 0 Å². The van der Waals surface area contributed by atoms with Crippen LogP contribution in [0.3, 0.4) is 0 Å². The van der Waals surface area contributed by atoms with E-state index in [9.17, 15) is 4.39 Å². The molecule has 28 heavy (non-hydrogen) atoms. The number of fused-ring (bicyclic) bond motifs is 1. The average Bonchev–Trinajstić information content (AvgIpc) is 3.09. The van der Waals surface area contributed by atoms with Gasteiger partial charge in [-0.2, -0.15) is 0 Å². The summed E-state index contributed by atoms with van der Waals surface area (Å²) in [6.45, 7) is 2.82. The molecule has 5 rings (SSSR count). The summed E-state index contributed by atoms with van der Waals surface area (Å²) in [5.41, 5.74) is 3.51. The fraction of sp³-hybridized carbons (Fsp3) is 0.458. The first-order chi connectivity index (χ1) is 13.6. The Morgan fingerprint density at radius 1 is 1.18 bits per heavy atom. The Morgan fingerprint density at radius 2 is 2.07 bits per heavy atom. The predicted octanol–water partition coefficient (Wildman–Crippen LogP) is 4.41. The van der Waals surface area contributed by atoms with E-state index in [4.69, 9.17) is 9.73 Å². The molecule has 1 unspecified atom stereocenters. The van der Waals surface area contributed by atoms with Crippen molar-refractivity contribution in [2.24, 2.45) is 10.9 Å². The maximum atomic E-state index is 14.1. The van der Waals surface area contributed by atoms with Gasteiger partial charge in [0.2, 0.25) is 0 Å². The van der Waals surface area contributed by atoms with Gasteiger partial charge in [-0.1, -0.05) is 36.4 Å². The average molecular weight is 378 g/mol. The third-order valence-electron chi connectivity index (χ3n) is 6.62. The van der Waals surface area contributed by atoms with E-state index >= 15 is 0 Å². The van der Waals surface area contributed by atoms with Crippen LogP contribution in [0, 0.1) is 11.7 Å². The van der Waals surface area contributed by atoms with Crippen LogP contribution in [0.1, 0.15) is 41.9 Å². The van der Waals surface area contributed by atoms with Crippen LogP contribution < -0.4 is 0 Å². The molecule has 3 aliphatic rings. The standard InChI is InChI=1S/C24H27FN2O/c1-27-13-5-12-24(16-27)15-26-23(28-24)21-11-10-17-6-2-3-9-20(17)22(21)18-7-4-8-19(25)14-18/h2-4,6-9,14,21-22H,5,10-13,15-16H2,1H3/t21?,22-,24+/m0/s1. The number of hydrogen-bond donors (Lipinski definition) is 0. The van der Waals surface area contributed by atoms with Gasteiger partial charge in [0.05, 0.1) is 6.54 Å². The van der Waals surface area contributed by atoms with Crippen molar-refractivity contribution in [2.45, 2.75) is 37.2 Å². The number of rotatable bonds is 2. The molecule has 2 aromatic carbocycles. The molecule has 0 amide bonds. The van der Waals surface area contributed by atoms with Crippen molar-refractivity contribution in [3.63, 3.8) is 0 Å². The molecule has 1 spiro atoms. The molecule has 4 heteroatoms. The van der Waals surface area contributed by atoms with Crippen LogP contribution in [0.25, 0.3) is 0 Å². The monoisotopic (exact) mass is 378 g/mol. The zero-order valence-corrected chi connectivity index (χ0v) is 16.4. The molecule has 0 N–H and O–H groups in total. The number of ether oxygens (including phenoxy) is 1. The number of likely N-dealkylation sites (N-methyl/N-ethyl adjacent to an activating group) is 1. The highest BCUT2D eigenvalue weighted by molar-refractivity contribution is 5.83. The number of piperidine rings is 1. The number of aryl methyl sites for hydroxylation is 1. The van der Waals surface area contributed by atoms with Crippen LogP contribution in [0.15, 0.2) is 53.5 Å². The Kier molecular flexibility index (Phi) is 4.47. The summed E-state index contributed by atoms with van der Waals surface area (Å²) in [5.74, 6) is 0.970. The van der Waals surface area contributed by atoms with Crippen LogP contribution in [0.4, 0.5) is 4.39 Å². The second-order valence-electron chi connectivity index (χ2n) is 8.66. The second-order valence-corrected chi connectivity index (χ2v) is 8.66. The second kappa shape index (κ2) is 7.00. The summed E-state index contributed by atoms with van der Waals surface area (Å²) < 4.78 is 20.7. The number of hydrogen-bond acceptors (Lipinski definition) is 3. The molecule has 0 aromatic heterocycles. The summed E-state index contributed by atoms with van der Waals surface area (Å²) in [6, 6.07) is 15.6. The lowest BCUT2D eigenvalue weighted by Crippen LogP contribution is -2.49. The van der Waals surface area contributed by atoms with Crippen LogP contribution in [0.5, 0.6) is 0 Å². The Balaban J connectivity index is 1.50. The lowest BCUT2D eigenvalue weighted by atomic mass is 9.71. The predicted molar refractivity (Wildman–Crippen MR) is 109 cm³/mol. The lowest BCUT2D eigenvalue weighted by Gasteiger charge is -2.39. The van der Waals surface area contributed by atoms with E-state index in [0.717, 1.165) is 56.8 Å². The van der Waals surface area contributed by atoms with Gasteiger partial charge in [-0.25, -0.2) is 4.39 Å². The minimum atomic E-state index is -0.182. The van der Waals surface area contributed by atoms with Crippen LogP contribution in [0.2, 0.25) is 0 Å². The van der Waals surface area contributed by atoms with Crippen molar-refractivity contribution < 1.29 is 9.13 Å². The molecule has 0 saturated carbocycles. The molecule has 1 aliphatic carbocycles. The Labute approximate surface area is 166 Å². The number of nitrogens with zero attached hydrogens (tertiary/aromatic N) is 2. The van der Waals surface area contributed by atoms with Gasteiger partial charge in [0.15, 0.2) is 5.90 Å². The zero-order valence-electron chi connectivity index (χ0n) is 16.4. The van der Waals surface area contributed by atoms with Crippen molar-refractivity contribution >= 4 is 5.90 Å². The highest BCUT2D eigenvalue weighted by atomic mass is 19.1. The number of aliphatic imine (C=N–C) groups is 1. The first kappa shape index (κ1) is 17.9. The molecule has 2 aromatic rings.